The normalized spacial score (nSPS) is 21.5. The van der Waals surface area contributed by atoms with Crippen LogP contribution in [0.25, 0.3) is 0 Å². The molecule has 3 heterocycles. The molecular weight excluding hydrogens is 428 g/mol. The summed E-state index contributed by atoms with van der Waals surface area (Å²) in [6.45, 7) is 6.61. The summed E-state index contributed by atoms with van der Waals surface area (Å²) in [7, 11) is 1.68. The van der Waals surface area contributed by atoms with E-state index in [2.05, 4.69) is 11.7 Å². The van der Waals surface area contributed by atoms with E-state index >= 15 is 0 Å². The highest BCUT2D eigenvalue weighted by Crippen LogP contribution is 2.26. The van der Waals surface area contributed by atoms with Crippen molar-refractivity contribution >= 4 is 23.4 Å². The zero-order valence-corrected chi connectivity index (χ0v) is 18.9. The van der Waals surface area contributed by atoms with E-state index in [-0.39, 0.29) is 18.4 Å². The Labute approximate surface area is 192 Å². The van der Waals surface area contributed by atoms with Crippen LogP contribution < -0.4 is 0 Å². The molecule has 0 saturated carbocycles. The average molecular weight is 453 g/mol. The molecule has 2 aliphatic heterocycles. The van der Waals surface area contributed by atoms with Crippen LogP contribution in [-0.4, -0.2) is 57.6 Å². The van der Waals surface area contributed by atoms with Gasteiger partial charge in [-0.05, 0) is 43.2 Å². The predicted molar refractivity (Wildman–Crippen MR) is 122 cm³/mol. The van der Waals surface area contributed by atoms with Crippen molar-refractivity contribution in [1.82, 2.24) is 19.6 Å². The van der Waals surface area contributed by atoms with Crippen molar-refractivity contribution in [3.8, 4) is 0 Å². The van der Waals surface area contributed by atoms with Crippen LogP contribution in [0.5, 0.6) is 0 Å². The number of halogens is 1. The lowest BCUT2D eigenvalue weighted by molar-refractivity contribution is -0.133. The van der Waals surface area contributed by atoms with Gasteiger partial charge in [0, 0.05) is 30.4 Å². The van der Waals surface area contributed by atoms with Crippen molar-refractivity contribution in [3.63, 3.8) is 0 Å². The number of likely N-dealkylation sites (N-methyl/N-ethyl adjacent to an activating group) is 1. The SMILES string of the molecule is C=CC=C1/C(=C\C)OC[C@H](N2CCc3cn(Cc4ccc(Cl)cc4)nc3C2=O)C(=O)N1C. The summed E-state index contributed by atoms with van der Waals surface area (Å²) in [5, 5.41) is 5.20. The van der Waals surface area contributed by atoms with Gasteiger partial charge < -0.3 is 14.5 Å². The fourth-order valence-electron chi connectivity index (χ4n) is 4.04. The Balaban J connectivity index is 1.57. The van der Waals surface area contributed by atoms with Gasteiger partial charge in [-0.1, -0.05) is 36.4 Å². The minimum atomic E-state index is -0.729. The standard InChI is InChI=1S/C24H25ClN4O3/c1-4-6-19-21(5-2)32-15-20(23(30)27(19)3)29-12-11-17-14-28(26-22(17)24(29)31)13-16-7-9-18(25)10-8-16/h4-10,14,20H,1,11-13,15H2,2-3H3/b19-6?,21-5+/t20-/m0/s1. The van der Waals surface area contributed by atoms with Crippen LogP contribution in [-0.2, 0) is 22.5 Å². The lowest BCUT2D eigenvalue weighted by Gasteiger charge is -2.32. The molecule has 1 saturated heterocycles. The summed E-state index contributed by atoms with van der Waals surface area (Å²) >= 11 is 5.96. The van der Waals surface area contributed by atoms with Crippen LogP contribution in [0.2, 0.25) is 5.02 Å². The van der Waals surface area contributed by atoms with Crippen LogP contribution in [0, 0.1) is 0 Å². The van der Waals surface area contributed by atoms with Gasteiger partial charge in [0.2, 0.25) is 0 Å². The van der Waals surface area contributed by atoms with E-state index in [1.165, 1.54) is 4.90 Å². The number of hydrogen-bond acceptors (Lipinski definition) is 4. The molecule has 0 spiro atoms. The van der Waals surface area contributed by atoms with Gasteiger partial charge >= 0.3 is 0 Å². The number of allylic oxidation sites excluding steroid dienone is 3. The first-order chi connectivity index (χ1) is 15.4. The molecule has 7 nitrogen and oxygen atoms in total. The summed E-state index contributed by atoms with van der Waals surface area (Å²) in [5.74, 6) is 0.127. The maximum atomic E-state index is 13.3. The molecule has 0 N–H and O–H groups in total. The lowest BCUT2D eigenvalue weighted by Crippen LogP contribution is -2.53. The van der Waals surface area contributed by atoms with Crippen LogP contribution in [0.4, 0.5) is 0 Å². The molecule has 0 radical (unpaired) electrons. The van der Waals surface area contributed by atoms with Gasteiger partial charge in [0.05, 0.1) is 12.2 Å². The molecule has 4 rings (SSSR count). The van der Waals surface area contributed by atoms with E-state index < -0.39 is 6.04 Å². The van der Waals surface area contributed by atoms with Crippen LogP contribution in [0.3, 0.4) is 0 Å². The number of nitrogens with zero attached hydrogens (tertiary/aromatic N) is 4. The van der Waals surface area contributed by atoms with Crippen molar-refractivity contribution in [3.05, 3.63) is 88.6 Å². The second-order valence-corrected chi connectivity index (χ2v) is 8.18. The number of carbonyl (C=O) groups excluding carboxylic acids is 2. The Bertz CT molecular complexity index is 1120. The van der Waals surface area contributed by atoms with Gasteiger partial charge in [0.25, 0.3) is 11.8 Å². The first-order valence-corrected chi connectivity index (χ1v) is 10.8. The van der Waals surface area contributed by atoms with Crippen molar-refractivity contribution in [2.24, 2.45) is 0 Å². The van der Waals surface area contributed by atoms with Crippen molar-refractivity contribution in [2.75, 3.05) is 20.2 Å². The highest BCUT2D eigenvalue weighted by Gasteiger charge is 2.40. The van der Waals surface area contributed by atoms with Gasteiger partial charge in [0.1, 0.15) is 18.4 Å². The Hall–Kier alpha value is -3.32. The zero-order valence-electron chi connectivity index (χ0n) is 18.1. The molecule has 1 aromatic carbocycles. The monoisotopic (exact) mass is 452 g/mol. The van der Waals surface area contributed by atoms with E-state index in [1.54, 1.807) is 34.9 Å². The number of aromatic nitrogens is 2. The van der Waals surface area contributed by atoms with Gasteiger partial charge in [0.15, 0.2) is 5.69 Å². The van der Waals surface area contributed by atoms with Crippen LogP contribution >= 0.6 is 11.6 Å². The van der Waals surface area contributed by atoms with E-state index in [0.29, 0.717) is 41.7 Å². The van der Waals surface area contributed by atoms with Crippen molar-refractivity contribution in [2.45, 2.75) is 25.9 Å². The molecule has 8 heteroatoms. The Kier molecular flexibility index (Phi) is 6.19. The zero-order chi connectivity index (χ0) is 22.8. The number of rotatable bonds is 4. The van der Waals surface area contributed by atoms with Crippen molar-refractivity contribution in [1.29, 1.82) is 0 Å². The minimum Gasteiger partial charge on any atom is -0.489 e. The molecular formula is C24H25ClN4O3. The molecule has 1 atom stereocenters. The molecule has 2 amide bonds. The molecule has 0 aliphatic carbocycles. The number of hydrogen-bond donors (Lipinski definition) is 0. The summed E-state index contributed by atoms with van der Waals surface area (Å²) in [6.07, 6.45) is 7.67. The quantitative estimate of drug-likeness (QED) is 0.713. The van der Waals surface area contributed by atoms with E-state index in [9.17, 15) is 9.59 Å². The number of benzene rings is 1. The van der Waals surface area contributed by atoms with Gasteiger partial charge in [-0.15, -0.1) is 0 Å². The topological polar surface area (TPSA) is 67.7 Å². The van der Waals surface area contributed by atoms with Crippen molar-refractivity contribution < 1.29 is 14.3 Å². The second-order valence-electron chi connectivity index (χ2n) is 7.74. The van der Waals surface area contributed by atoms with E-state index in [0.717, 1.165) is 11.1 Å². The van der Waals surface area contributed by atoms with Gasteiger partial charge in [-0.25, -0.2) is 0 Å². The van der Waals surface area contributed by atoms with E-state index in [1.807, 2.05) is 37.4 Å². The Morgan fingerprint density at radius 3 is 2.72 bits per heavy atom. The highest BCUT2D eigenvalue weighted by atomic mass is 35.5. The molecule has 1 aromatic heterocycles. The Morgan fingerprint density at radius 2 is 2.03 bits per heavy atom. The van der Waals surface area contributed by atoms with Gasteiger partial charge in [-0.2, -0.15) is 5.10 Å². The number of fused-ring (bicyclic) bond motifs is 1. The third-order valence-corrected chi connectivity index (χ3v) is 5.97. The van der Waals surface area contributed by atoms with E-state index in [4.69, 9.17) is 16.3 Å². The first-order valence-electron chi connectivity index (χ1n) is 10.4. The molecule has 0 unspecified atom stereocenters. The summed E-state index contributed by atoms with van der Waals surface area (Å²) in [4.78, 5) is 29.6. The molecule has 2 aromatic rings. The summed E-state index contributed by atoms with van der Waals surface area (Å²) in [6, 6.07) is 6.79. The third kappa shape index (κ3) is 4.08. The fourth-order valence-corrected chi connectivity index (χ4v) is 4.17. The third-order valence-electron chi connectivity index (χ3n) is 5.72. The smallest absolute Gasteiger partial charge is 0.275 e. The highest BCUT2D eigenvalue weighted by molar-refractivity contribution is 6.30. The lowest BCUT2D eigenvalue weighted by atomic mass is 10.0. The maximum Gasteiger partial charge on any atom is 0.275 e. The first kappa shape index (κ1) is 21.9. The largest absolute Gasteiger partial charge is 0.489 e. The molecule has 0 bridgehead atoms. The van der Waals surface area contributed by atoms with Crippen LogP contribution in [0.15, 0.2) is 66.7 Å². The Morgan fingerprint density at radius 1 is 1.28 bits per heavy atom. The molecule has 1 fully saturated rings. The summed E-state index contributed by atoms with van der Waals surface area (Å²) < 4.78 is 7.67. The average Bonchev–Trinajstić information content (AvgIpc) is 3.16. The summed E-state index contributed by atoms with van der Waals surface area (Å²) in [5.41, 5.74) is 2.93. The maximum absolute atomic E-state index is 13.3. The number of amides is 2. The number of carbonyl (C=O) groups is 2. The molecule has 166 valence electrons. The van der Waals surface area contributed by atoms with Gasteiger partial charge in [-0.3, -0.25) is 14.3 Å². The fraction of sp³-hybridized carbons (Fsp3) is 0.292. The predicted octanol–water partition coefficient (Wildman–Crippen LogP) is 3.41. The number of ether oxygens (including phenoxy) is 1. The second kappa shape index (κ2) is 9.04. The van der Waals surface area contributed by atoms with Crippen LogP contribution in [0.1, 0.15) is 28.5 Å². The molecule has 32 heavy (non-hydrogen) atoms. The minimum absolute atomic E-state index is 0.0872. The molecule has 2 aliphatic rings.